The van der Waals surface area contributed by atoms with Crippen molar-refractivity contribution in [1.82, 2.24) is 4.90 Å². The fourth-order valence-corrected chi connectivity index (χ4v) is 4.43. The van der Waals surface area contributed by atoms with Crippen LogP contribution in [0.4, 0.5) is 0 Å². The van der Waals surface area contributed by atoms with Crippen LogP contribution in [-0.2, 0) is 0 Å². The Morgan fingerprint density at radius 2 is 1.86 bits per heavy atom. The van der Waals surface area contributed by atoms with E-state index in [0.717, 1.165) is 41.4 Å². The molecule has 0 bridgehead atoms. The molecule has 0 saturated carbocycles. The Labute approximate surface area is 171 Å². The second-order valence-corrected chi connectivity index (χ2v) is 7.74. The van der Waals surface area contributed by atoms with Gasteiger partial charge in [0, 0.05) is 23.4 Å². The van der Waals surface area contributed by atoms with Crippen LogP contribution in [0.25, 0.3) is 0 Å². The van der Waals surface area contributed by atoms with Crippen molar-refractivity contribution < 1.29 is 19.0 Å². The van der Waals surface area contributed by atoms with Gasteiger partial charge < -0.3 is 19.1 Å². The molecular weight excluding hydrogens is 374 g/mol. The number of rotatable bonds is 8. The third kappa shape index (κ3) is 4.55. The first-order valence-corrected chi connectivity index (χ1v) is 10.6. The summed E-state index contributed by atoms with van der Waals surface area (Å²) in [5.74, 6) is 3.21. The number of carbonyl (C=O) groups excluding carboxylic acids is 1. The van der Waals surface area contributed by atoms with Gasteiger partial charge in [0.25, 0.3) is 5.91 Å². The van der Waals surface area contributed by atoms with Crippen molar-refractivity contribution in [3.05, 3.63) is 53.6 Å². The Hall–Kier alpha value is -2.34. The highest BCUT2D eigenvalue weighted by Crippen LogP contribution is 2.43. The monoisotopic (exact) mass is 401 g/mol. The first kappa shape index (κ1) is 20.4. The minimum absolute atomic E-state index is 0.0139. The van der Waals surface area contributed by atoms with Gasteiger partial charge in [-0.2, -0.15) is 0 Å². The lowest BCUT2D eigenvalue weighted by Gasteiger charge is -2.26. The number of methoxy groups -OCH3 is 2. The largest absolute Gasteiger partial charge is 0.497 e. The van der Waals surface area contributed by atoms with E-state index >= 15 is 0 Å². The summed E-state index contributed by atoms with van der Waals surface area (Å²) in [4.78, 5) is 15.1. The molecule has 1 unspecified atom stereocenters. The van der Waals surface area contributed by atoms with Gasteiger partial charge in [-0.1, -0.05) is 13.3 Å². The third-order valence-electron chi connectivity index (χ3n) is 4.72. The van der Waals surface area contributed by atoms with E-state index in [4.69, 9.17) is 14.2 Å². The summed E-state index contributed by atoms with van der Waals surface area (Å²) in [6, 6.07) is 13.1. The van der Waals surface area contributed by atoms with Crippen molar-refractivity contribution >= 4 is 17.7 Å². The van der Waals surface area contributed by atoms with Crippen molar-refractivity contribution in [2.75, 3.05) is 33.1 Å². The van der Waals surface area contributed by atoms with E-state index in [-0.39, 0.29) is 11.3 Å². The lowest BCUT2D eigenvalue weighted by Crippen LogP contribution is -2.30. The van der Waals surface area contributed by atoms with Gasteiger partial charge in [-0.05, 0) is 48.9 Å². The average Bonchev–Trinajstić information content (AvgIpc) is 3.23. The van der Waals surface area contributed by atoms with Crippen molar-refractivity contribution in [3.8, 4) is 17.2 Å². The van der Waals surface area contributed by atoms with Crippen LogP contribution in [0.15, 0.2) is 42.5 Å². The number of hydrogen-bond acceptors (Lipinski definition) is 5. The molecule has 1 fully saturated rings. The predicted molar refractivity (Wildman–Crippen MR) is 113 cm³/mol. The molecule has 1 heterocycles. The fourth-order valence-electron chi connectivity index (χ4n) is 3.16. The Balaban J connectivity index is 1.78. The summed E-state index contributed by atoms with van der Waals surface area (Å²) >= 11 is 1.74. The normalized spacial score (nSPS) is 16.1. The summed E-state index contributed by atoms with van der Waals surface area (Å²) in [5, 5.41) is -0.0990. The maximum absolute atomic E-state index is 13.2. The zero-order chi connectivity index (χ0) is 19.9. The number of carbonyl (C=O) groups is 1. The van der Waals surface area contributed by atoms with Gasteiger partial charge in [0.15, 0.2) is 0 Å². The maximum atomic E-state index is 13.2. The molecule has 0 N–H and O–H groups in total. The number of thioether (sulfide) groups is 1. The molecule has 2 aromatic rings. The summed E-state index contributed by atoms with van der Waals surface area (Å²) in [7, 11) is 3.29. The minimum atomic E-state index is -0.0990. The molecule has 5 nitrogen and oxygen atoms in total. The minimum Gasteiger partial charge on any atom is -0.497 e. The zero-order valence-corrected chi connectivity index (χ0v) is 17.5. The van der Waals surface area contributed by atoms with Gasteiger partial charge in [-0.25, -0.2) is 0 Å². The SMILES string of the molecule is CCCCOc1ccc(C(=O)N2CCSC2c2cc(OC)ccc2OC)cc1. The zero-order valence-electron chi connectivity index (χ0n) is 16.6. The van der Waals surface area contributed by atoms with Crippen LogP contribution < -0.4 is 14.2 Å². The van der Waals surface area contributed by atoms with Crippen LogP contribution in [0.3, 0.4) is 0 Å². The Morgan fingerprint density at radius 1 is 1.11 bits per heavy atom. The number of ether oxygens (including phenoxy) is 3. The number of amides is 1. The van der Waals surface area contributed by atoms with Crippen LogP contribution in [0.1, 0.15) is 41.1 Å². The lowest BCUT2D eigenvalue weighted by atomic mass is 10.1. The first-order chi connectivity index (χ1) is 13.7. The van der Waals surface area contributed by atoms with Gasteiger partial charge in [-0.3, -0.25) is 4.79 Å². The standard InChI is InChI=1S/C22H27NO4S/c1-4-5-13-27-17-8-6-16(7-9-17)21(24)23-12-14-28-22(23)19-15-18(25-2)10-11-20(19)26-3/h6-11,15,22H,4-5,12-14H2,1-3H3. The van der Waals surface area contributed by atoms with Crippen molar-refractivity contribution in [2.45, 2.75) is 25.1 Å². The smallest absolute Gasteiger partial charge is 0.255 e. The van der Waals surface area contributed by atoms with E-state index in [9.17, 15) is 4.79 Å². The quantitative estimate of drug-likeness (QED) is 0.596. The van der Waals surface area contributed by atoms with E-state index in [1.165, 1.54) is 0 Å². The number of unbranched alkanes of at least 4 members (excludes halogenated alkanes) is 1. The third-order valence-corrected chi connectivity index (χ3v) is 5.97. The molecule has 28 heavy (non-hydrogen) atoms. The average molecular weight is 402 g/mol. The molecule has 1 amide bonds. The second kappa shape index (κ2) is 9.73. The van der Waals surface area contributed by atoms with Gasteiger partial charge in [-0.15, -0.1) is 11.8 Å². The van der Waals surface area contributed by atoms with Crippen molar-refractivity contribution in [1.29, 1.82) is 0 Å². The maximum Gasteiger partial charge on any atom is 0.255 e. The first-order valence-electron chi connectivity index (χ1n) is 9.55. The highest BCUT2D eigenvalue weighted by molar-refractivity contribution is 7.99. The van der Waals surface area contributed by atoms with Gasteiger partial charge in [0.2, 0.25) is 0 Å². The van der Waals surface area contributed by atoms with E-state index in [1.54, 1.807) is 26.0 Å². The summed E-state index contributed by atoms with van der Waals surface area (Å²) in [5.41, 5.74) is 1.62. The lowest BCUT2D eigenvalue weighted by molar-refractivity contribution is 0.0759. The highest BCUT2D eigenvalue weighted by Gasteiger charge is 2.33. The predicted octanol–water partition coefficient (Wildman–Crippen LogP) is 4.77. The van der Waals surface area contributed by atoms with Crippen LogP contribution in [0.2, 0.25) is 0 Å². The Morgan fingerprint density at radius 3 is 2.54 bits per heavy atom. The Bertz CT molecular complexity index is 794. The summed E-state index contributed by atoms with van der Waals surface area (Å²) in [6.45, 7) is 3.53. The Kier molecular flexibility index (Phi) is 7.09. The fraction of sp³-hybridized carbons (Fsp3) is 0.409. The van der Waals surface area contributed by atoms with Crippen molar-refractivity contribution in [2.24, 2.45) is 0 Å². The molecule has 2 aromatic carbocycles. The highest BCUT2D eigenvalue weighted by atomic mass is 32.2. The topological polar surface area (TPSA) is 48.0 Å². The molecule has 1 aliphatic rings. The molecule has 0 aliphatic carbocycles. The molecule has 0 spiro atoms. The van der Waals surface area contributed by atoms with E-state index in [0.29, 0.717) is 18.7 Å². The molecule has 3 rings (SSSR count). The molecule has 1 aliphatic heterocycles. The molecule has 1 saturated heterocycles. The van der Waals surface area contributed by atoms with Gasteiger partial charge >= 0.3 is 0 Å². The van der Waals surface area contributed by atoms with Crippen molar-refractivity contribution in [3.63, 3.8) is 0 Å². The molecular formula is C22H27NO4S. The van der Waals surface area contributed by atoms with Gasteiger partial charge in [0.1, 0.15) is 22.6 Å². The molecule has 6 heteroatoms. The van der Waals surface area contributed by atoms with E-state index in [2.05, 4.69) is 6.92 Å². The van der Waals surface area contributed by atoms with E-state index in [1.807, 2.05) is 47.4 Å². The molecule has 150 valence electrons. The molecule has 0 radical (unpaired) electrons. The number of benzene rings is 2. The van der Waals surface area contributed by atoms with Crippen LogP contribution in [0.5, 0.6) is 17.2 Å². The molecule has 1 atom stereocenters. The van der Waals surface area contributed by atoms with Crippen LogP contribution >= 0.6 is 11.8 Å². The second-order valence-electron chi connectivity index (χ2n) is 6.56. The van der Waals surface area contributed by atoms with E-state index < -0.39 is 0 Å². The van der Waals surface area contributed by atoms with Crippen LogP contribution in [0, 0.1) is 0 Å². The summed E-state index contributed by atoms with van der Waals surface area (Å²) < 4.78 is 16.6. The number of hydrogen-bond donors (Lipinski definition) is 0. The van der Waals surface area contributed by atoms with Gasteiger partial charge in [0.05, 0.1) is 20.8 Å². The summed E-state index contributed by atoms with van der Waals surface area (Å²) in [6.07, 6.45) is 2.12. The van der Waals surface area contributed by atoms with Crippen LogP contribution in [-0.4, -0.2) is 43.9 Å². The molecule has 0 aromatic heterocycles. The number of nitrogens with zero attached hydrogens (tertiary/aromatic N) is 1.